The topological polar surface area (TPSA) is 47.3 Å². The number of aromatic amines is 2. The largest absolute Gasteiger partial charge is 0.488 e. The standard InChI is InChI=1S/C26H26F2N4O/c1-2-31-7-9-32(10-8-31)11-12-33-26-24-20(18-13-16(27)3-5-22(18)29-24)15-21-19-14-17(28)4-6-23(19)30-25(21)26/h3-6,13-15,29-30H,2,7-12H2,1H3. The number of H-pyrrole nitrogens is 2. The van der Waals surface area contributed by atoms with E-state index in [9.17, 15) is 8.78 Å². The van der Waals surface area contributed by atoms with E-state index in [1.165, 1.54) is 24.3 Å². The molecule has 33 heavy (non-hydrogen) atoms. The van der Waals surface area contributed by atoms with Crippen LogP contribution in [0.25, 0.3) is 43.6 Å². The molecule has 5 aromatic rings. The van der Waals surface area contributed by atoms with E-state index >= 15 is 0 Å². The zero-order valence-electron chi connectivity index (χ0n) is 18.5. The minimum absolute atomic E-state index is 0.290. The molecule has 3 heterocycles. The lowest BCUT2D eigenvalue weighted by Gasteiger charge is -2.33. The molecule has 1 saturated heterocycles. The normalized spacial score (nSPS) is 16.0. The van der Waals surface area contributed by atoms with Gasteiger partial charge in [-0.2, -0.15) is 0 Å². The summed E-state index contributed by atoms with van der Waals surface area (Å²) >= 11 is 0. The predicted octanol–water partition coefficient (Wildman–Crippen LogP) is 5.25. The SMILES string of the molecule is CCN1CCN(CCOc2c3[nH]c4ccc(F)cc4c3cc3c2[nH]c2ccc(F)cc23)CC1. The molecule has 1 fully saturated rings. The molecule has 0 aliphatic carbocycles. The van der Waals surface area contributed by atoms with Crippen LogP contribution in [0.1, 0.15) is 6.92 Å². The first-order valence-corrected chi connectivity index (χ1v) is 11.5. The summed E-state index contributed by atoms with van der Waals surface area (Å²) in [6.45, 7) is 8.89. The van der Waals surface area contributed by atoms with E-state index < -0.39 is 0 Å². The smallest absolute Gasteiger partial charge is 0.167 e. The van der Waals surface area contributed by atoms with E-state index in [-0.39, 0.29) is 11.6 Å². The van der Waals surface area contributed by atoms with Crippen molar-refractivity contribution in [1.29, 1.82) is 0 Å². The molecule has 0 unspecified atom stereocenters. The molecule has 7 heteroatoms. The number of likely N-dealkylation sites (N-methyl/N-ethyl adjacent to an activating group) is 1. The highest BCUT2D eigenvalue weighted by Gasteiger charge is 2.19. The number of halogens is 2. The fraction of sp³-hybridized carbons (Fsp3) is 0.308. The van der Waals surface area contributed by atoms with Crippen LogP contribution < -0.4 is 4.74 Å². The van der Waals surface area contributed by atoms with E-state index in [1.54, 1.807) is 12.1 Å². The van der Waals surface area contributed by atoms with Gasteiger partial charge in [-0.1, -0.05) is 6.92 Å². The summed E-state index contributed by atoms with van der Waals surface area (Å²) in [5.74, 6) is 0.118. The van der Waals surface area contributed by atoms with Crippen LogP contribution in [0, 0.1) is 11.6 Å². The molecule has 6 rings (SSSR count). The highest BCUT2D eigenvalue weighted by Crippen LogP contribution is 2.41. The number of piperazine rings is 1. The molecule has 5 nitrogen and oxygen atoms in total. The lowest BCUT2D eigenvalue weighted by molar-refractivity contribution is 0.121. The van der Waals surface area contributed by atoms with Gasteiger partial charge in [-0.15, -0.1) is 0 Å². The summed E-state index contributed by atoms with van der Waals surface area (Å²) in [5.41, 5.74) is 3.34. The van der Waals surface area contributed by atoms with Gasteiger partial charge in [0.15, 0.2) is 5.75 Å². The monoisotopic (exact) mass is 448 g/mol. The average Bonchev–Trinajstić information content (AvgIpc) is 3.37. The van der Waals surface area contributed by atoms with Crippen molar-refractivity contribution in [3.63, 3.8) is 0 Å². The van der Waals surface area contributed by atoms with Gasteiger partial charge in [0, 0.05) is 65.3 Å². The number of nitrogens with zero attached hydrogens (tertiary/aromatic N) is 2. The Labute approximate surface area is 189 Å². The summed E-state index contributed by atoms with van der Waals surface area (Å²) in [7, 11) is 0. The number of hydrogen-bond acceptors (Lipinski definition) is 3. The quantitative estimate of drug-likeness (QED) is 0.386. The van der Waals surface area contributed by atoms with Crippen LogP contribution in [0.3, 0.4) is 0 Å². The Morgan fingerprint density at radius 1 is 0.758 bits per heavy atom. The van der Waals surface area contributed by atoms with Gasteiger partial charge in [0.25, 0.3) is 0 Å². The second-order valence-electron chi connectivity index (χ2n) is 8.80. The molecule has 2 N–H and O–H groups in total. The van der Waals surface area contributed by atoms with Crippen molar-refractivity contribution in [3.8, 4) is 5.75 Å². The van der Waals surface area contributed by atoms with Crippen LogP contribution in [-0.2, 0) is 0 Å². The maximum atomic E-state index is 14.1. The molecule has 0 atom stereocenters. The van der Waals surface area contributed by atoms with Gasteiger partial charge in [-0.3, -0.25) is 4.90 Å². The summed E-state index contributed by atoms with van der Waals surface area (Å²) in [6, 6.07) is 11.5. The summed E-state index contributed by atoms with van der Waals surface area (Å²) < 4.78 is 34.5. The highest BCUT2D eigenvalue weighted by atomic mass is 19.1. The second-order valence-corrected chi connectivity index (χ2v) is 8.80. The zero-order valence-corrected chi connectivity index (χ0v) is 18.5. The molecule has 1 aliphatic heterocycles. The number of ether oxygens (including phenoxy) is 1. The van der Waals surface area contributed by atoms with Crippen molar-refractivity contribution in [2.24, 2.45) is 0 Å². The number of hydrogen-bond donors (Lipinski definition) is 2. The first-order chi connectivity index (χ1) is 16.1. The maximum absolute atomic E-state index is 14.1. The number of nitrogens with one attached hydrogen (secondary N) is 2. The molecule has 0 spiro atoms. The highest BCUT2D eigenvalue weighted by molar-refractivity contribution is 6.20. The van der Waals surface area contributed by atoms with Gasteiger partial charge in [0.2, 0.25) is 0 Å². The second kappa shape index (κ2) is 8.01. The van der Waals surface area contributed by atoms with Gasteiger partial charge in [-0.25, -0.2) is 8.78 Å². The van der Waals surface area contributed by atoms with Crippen LogP contribution in [0.2, 0.25) is 0 Å². The molecule has 170 valence electrons. The van der Waals surface area contributed by atoms with Gasteiger partial charge in [0.1, 0.15) is 18.2 Å². The van der Waals surface area contributed by atoms with Gasteiger partial charge >= 0.3 is 0 Å². The average molecular weight is 449 g/mol. The predicted molar refractivity (Wildman–Crippen MR) is 129 cm³/mol. The van der Waals surface area contributed by atoms with E-state index in [1.807, 2.05) is 6.07 Å². The van der Waals surface area contributed by atoms with Crippen molar-refractivity contribution >= 4 is 43.6 Å². The molecular formula is C26H26F2N4O. The van der Waals surface area contributed by atoms with Crippen LogP contribution in [0.15, 0.2) is 42.5 Å². The Morgan fingerprint density at radius 2 is 1.30 bits per heavy atom. The molecule has 1 aliphatic rings. The lowest BCUT2D eigenvalue weighted by atomic mass is 10.1. The van der Waals surface area contributed by atoms with Crippen molar-refractivity contribution in [2.75, 3.05) is 45.9 Å². The van der Waals surface area contributed by atoms with E-state index in [4.69, 9.17) is 4.74 Å². The Kier molecular flexibility index (Phi) is 4.96. The lowest BCUT2D eigenvalue weighted by Crippen LogP contribution is -2.47. The molecule has 3 aromatic carbocycles. The van der Waals surface area contributed by atoms with Crippen LogP contribution in [0.5, 0.6) is 5.75 Å². The maximum Gasteiger partial charge on any atom is 0.167 e. The van der Waals surface area contributed by atoms with E-state index in [2.05, 4.69) is 26.7 Å². The zero-order chi connectivity index (χ0) is 22.5. The third-order valence-corrected chi connectivity index (χ3v) is 6.91. The van der Waals surface area contributed by atoms with Gasteiger partial charge in [-0.05, 0) is 49.0 Å². The van der Waals surface area contributed by atoms with Gasteiger partial charge < -0.3 is 19.6 Å². The molecular weight excluding hydrogens is 422 g/mol. The van der Waals surface area contributed by atoms with Crippen molar-refractivity contribution in [2.45, 2.75) is 6.92 Å². The van der Waals surface area contributed by atoms with Crippen LogP contribution >= 0.6 is 0 Å². The van der Waals surface area contributed by atoms with Crippen molar-refractivity contribution < 1.29 is 13.5 Å². The van der Waals surface area contributed by atoms with Crippen LogP contribution in [-0.4, -0.2) is 65.6 Å². The molecule has 0 radical (unpaired) electrons. The Balaban J connectivity index is 1.43. The molecule has 0 amide bonds. The van der Waals surface area contributed by atoms with Crippen molar-refractivity contribution in [3.05, 3.63) is 54.1 Å². The minimum atomic E-state index is -0.290. The Bertz CT molecular complexity index is 1390. The van der Waals surface area contributed by atoms with Crippen LogP contribution in [0.4, 0.5) is 8.78 Å². The summed E-state index contributed by atoms with van der Waals surface area (Å²) in [5, 5.41) is 3.32. The fourth-order valence-electron chi connectivity index (χ4n) is 5.05. The fourth-order valence-corrected chi connectivity index (χ4v) is 5.05. The van der Waals surface area contributed by atoms with Gasteiger partial charge in [0.05, 0.1) is 11.0 Å². The van der Waals surface area contributed by atoms with Crippen molar-refractivity contribution in [1.82, 2.24) is 19.8 Å². The molecule has 0 bridgehead atoms. The third kappa shape index (κ3) is 3.52. The number of benzene rings is 3. The molecule has 2 aromatic heterocycles. The summed E-state index contributed by atoms with van der Waals surface area (Å²) in [6.07, 6.45) is 0. The number of aromatic nitrogens is 2. The van der Waals surface area contributed by atoms with E-state index in [0.717, 1.165) is 82.9 Å². The Morgan fingerprint density at radius 3 is 1.85 bits per heavy atom. The first kappa shape index (κ1) is 20.4. The Hall–Kier alpha value is -3.16. The first-order valence-electron chi connectivity index (χ1n) is 11.5. The third-order valence-electron chi connectivity index (χ3n) is 6.91. The number of fused-ring (bicyclic) bond motifs is 6. The number of rotatable bonds is 5. The minimum Gasteiger partial charge on any atom is -0.488 e. The summed E-state index contributed by atoms with van der Waals surface area (Å²) in [4.78, 5) is 11.7. The molecule has 0 saturated carbocycles. The van der Waals surface area contributed by atoms with E-state index in [0.29, 0.717) is 12.4 Å².